The molecule has 0 radical (unpaired) electrons. The van der Waals surface area contributed by atoms with Crippen molar-refractivity contribution in [2.75, 3.05) is 6.54 Å². The molecule has 16 heavy (non-hydrogen) atoms. The van der Waals surface area contributed by atoms with Crippen molar-refractivity contribution in [1.29, 1.82) is 0 Å². The lowest BCUT2D eigenvalue weighted by Gasteiger charge is -2.18. The number of carbonyl (C=O) groups excluding carboxylic acids is 1. The van der Waals surface area contributed by atoms with Crippen LogP contribution in [-0.4, -0.2) is 23.6 Å². The molecule has 1 amide bonds. The van der Waals surface area contributed by atoms with Gasteiger partial charge in [0.1, 0.15) is 6.10 Å². The van der Waals surface area contributed by atoms with Crippen LogP contribution in [0.1, 0.15) is 18.6 Å². The van der Waals surface area contributed by atoms with Crippen molar-refractivity contribution in [2.45, 2.75) is 19.1 Å². The van der Waals surface area contributed by atoms with E-state index >= 15 is 0 Å². The van der Waals surface area contributed by atoms with Gasteiger partial charge in [-0.15, -0.1) is 6.42 Å². The molecule has 1 aromatic rings. The Kier molecular flexibility index (Phi) is 2.82. The van der Waals surface area contributed by atoms with E-state index in [1.165, 1.54) is 0 Å². The minimum absolute atomic E-state index is 0.0223. The highest BCUT2D eigenvalue weighted by Crippen LogP contribution is 2.31. The molecule has 82 valence electrons. The summed E-state index contributed by atoms with van der Waals surface area (Å²) in [6, 6.07) is 9.68. The number of carbonyl (C=O) groups is 1. The van der Waals surface area contributed by atoms with Crippen molar-refractivity contribution in [3.63, 3.8) is 0 Å². The average molecular weight is 215 g/mol. The first kappa shape index (κ1) is 10.6. The molecule has 0 aliphatic carbocycles. The minimum atomic E-state index is -0.334. The highest BCUT2D eigenvalue weighted by Gasteiger charge is 2.38. The largest absolute Gasteiger partial charge is 0.439 e. The molecule has 0 aromatic heterocycles. The lowest BCUT2D eigenvalue weighted by Crippen LogP contribution is -2.32. The molecule has 2 rings (SSSR count). The fourth-order valence-corrected chi connectivity index (χ4v) is 1.90. The van der Waals surface area contributed by atoms with E-state index in [4.69, 9.17) is 11.2 Å². The highest BCUT2D eigenvalue weighted by atomic mass is 16.6. The number of cyclic esters (lactones) is 1. The van der Waals surface area contributed by atoms with Crippen molar-refractivity contribution < 1.29 is 9.53 Å². The SMILES string of the molecule is C#CCN1C(=O)O[C@H](c2ccccc2)[C@@H]1C. The van der Waals surface area contributed by atoms with E-state index in [0.717, 1.165) is 5.56 Å². The number of benzene rings is 1. The van der Waals surface area contributed by atoms with Gasteiger partial charge in [-0.25, -0.2) is 4.79 Å². The molecule has 1 saturated heterocycles. The van der Waals surface area contributed by atoms with E-state index in [2.05, 4.69) is 5.92 Å². The summed E-state index contributed by atoms with van der Waals surface area (Å²) in [7, 11) is 0. The Labute approximate surface area is 95.0 Å². The number of hydrogen-bond donors (Lipinski definition) is 0. The van der Waals surface area contributed by atoms with Crippen molar-refractivity contribution in [1.82, 2.24) is 4.90 Å². The van der Waals surface area contributed by atoms with Crippen molar-refractivity contribution in [3.05, 3.63) is 35.9 Å². The lowest BCUT2D eigenvalue weighted by atomic mass is 10.0. The maximum atomic E-state index is 11.6. The highest BCUT2D eigenvalue weighted by molar-refractivity contribution is 5.71. The van der Waals surface area contributed by atoms with Crippen LogP contribution in [0.4, 0.5) is 4.79 Å². The second-order valence-electron chi connectivity index (χ2n) is 3.79. The molecule has 1 aromatic carbocycles. The van der Waals surface area contributed by atoms with Crippen LogP contribution in [-0.2, 0) is 4.74 Å². The first-order chi connectivity index (χ1) is 7.74. The second kappa shape index (κ2) is 4.28. The minimum Gasteiger partial charge on any atom is -0.439 e. The van der Waals surface area contributed by atoms with Crippen LogP contribution in [0.25, 0.3) is 0 Å². The van der Waals surface area contributed by atoms with Gasteiger partial charge in [-0.2, -0.15) is 0 Å². The smallest absolute Gasteiger partial charge is 0.411 e. The van der Waals surface area contributed by atoms with E-state index in [-0.39, 0.29) is 18.2 Å². The van der Waals surface area contributed by atoms with Gasteiger partial charge >= 0.3 is 6.09 Å². The molecule has 0 saturated carbocycles. The molecule has 0 unspecified atom stereocenters. The van der Waals surface area contributed by atoms with Crippen molar-refractivity contribution in [2.24, 2.45) is 0 Å². The predicted octanol–water partition coefficient (Wildman–Crippen LogP) is 2.20. The normalized spacial score (nSPS) is 24.0. The van der Waals surface area contributed by atoms with Crippen molar-refractivity contribution in [3.8, 4) is 12.3 Å². The van der Waals surface area contributed by atoms with E-state index < -0.39 is 0 Å². The number of terminal acetylenes is 1. The first-order valence-electron chi connectivity index (χ1n) is 5.19. The van der Waals surface area contributed by atoms with Crippen LogP contribution in [0.3, 0.4) is 0 Å². The van der Waals surface area contributed by atoms with Crippen LogP contribution in [0, 0.1) is 12.3 Å². The Balaban J connectivity index is 2.21. The van der Waals surface area contributed by atoms with Gasteiger partial charge in [-0.3, -0.25) is 4.90 Å². The van der Waals surface area contributed by atoms with E-state index in [9.17, 15) is 4.79 Å². The third-order valence-electron chi connectivity index (χ3n) is 2.78. The Bertz CT molecular complexity index is 421. The molecule has 3 nitrogen and oxygen atoms in total. The molecule has 1 heterocycles. The molecule has 3 heteroatoms. The van der Waals surface area contributed by atoms with E-state index in [0.29, 0.717) is 6.54 Å². The molecular formula is C13H13NO2. The van der Waals surface area contributed by atoms with Gasteiger partial charge in [0.15, 0.2) is 0 Å². The monoisotopic (exact) mass is 215 g/mol. The molecule has 1 aliphatic rings. The third-order valence-corrected chi connectivity index (χ3v) is 2.78. The number of nitrogens with zero attached hydrogens (tertiary/aromatic N) is 1. The molecule has 2 atom stereocenters. The van der Waals surface area contributed by atoms with Crippen molar-refractivity contribution >= 4 is 6.09 Å². The maximum Gasteiger partial charge on any atom is 0.411 e. The van der Waals surface area contributed by atoms with Gasteiger partial charge in [0.25, 0.3) is 0 Å². The number of amides is 1. The summed E-state index contributed by atoms with van der Waals surface area (Å²) < 4.78 is 5.32. The third kappa shape index (κ3) is 1.74. The summed E-state index contributed by atoms with van der Waals surface area (Å²) in [4.78, 5) is 13.1. The average Bonchev–Trinajstić information content (AvgIpc) is 2.59. The second-order valence-corrected chi connectivity index (χ2v) is 3.79. The topological polar surface area (TPSA) is 29.5 Å². The van der Waals surface area contributed by atoms with Gasteiger partial charge in [0.05, 0.1) is 12.6 Å². The van der Waals surface area contributed by atoms with Gasteiger partial charge in [-0.05, 0) is 12.5 Å². The predicted molar refractivity (Wildman–Crippen MR) is 60.7 cm³/mol. The fourth-order valence-electron chi connectivity index (χ4n) is 1.90. The standard InChI is InChI=1S/C13H13NO2/c1-3-9-14-10(2)12(16-13(14)15)11-7-5-4-6-8-11/h1,4-8,10,12H,9H2,2H3/t10-,12-/m0/s1. The summed E-state index contributed by atoms with van der Waals surface area (Å²) in [6.45, 7) is 2.24. The summed E-state index contributed by atoms with van der Waals surface area (Å²) in [5.41, 5.74) is 1.00. The summed E-state index contributed by atoms with van der Waals surface area (Å²) in [5.74, 6) is 2.47. The quantitative estimate of drug-likeness (QED) is 0.708. The molecule has 1 fully saturated rings. The van der Waals surface area contributed by atoms with Crippen LogP contribution < -0.4 is 0 Å². The van der Waals surface area contributed by atoms with E-state index in [1.807, 2.05) is 37.3 Å². The molecule has 0 bridgehead atoms. The van der Waals surface area contributed by atoms with Gasteiger partial charge in [-0.1, -0.05) is 36.3 Å². The van der Waals surface area contributed by atoms with E-state index in [1.54, 1.807) is 4.90 Å². The van der Waals surface area contributed by atoms with Crippen LogP contribution in [0.2, 0.25) is 0 Å². The Morgan fingerprint density at radius 3 is 2.75 bits per heavy atom. The summed E-state index contributed by atoms with van der Waals surface area (Å²) >= 11 is 0. The zero-order chi connectivity index (χ0) is 11.5. The Morgan fingerprint density at radius 2 is 2.12 bits per heavy atom. The summed E-state index contributed by atoms with van der Waals surface area (Å²) in [6.07, 6.45) is 4.66. The van der Waals surface area contributed by atoms with Gasteiger partial charge < -0.3 is 4.74 Å². The molecular weight excluding hydrogens is 202 g/mol. The zero-order valence-electron chi connectivity index (χ0n) is 9.09. The molecule has 0 spiro atoms. The Hall–Kier alpha value is -1.95. The lowest BCUT2D eigenvalue weighted by molar-refractivity contribution is 0.131. The zero-order valence-corrected chi connectivity index (χ0v) is 9.09. The first-order valence-corrected chi connectivity index (χ1v) is 5.19. The number of hydrogen-bond acceptors (Lipinski definition) is 2. The number of ether oxygens (including phenoxy) is 1. The summed E-state index contributed by atoms with van der Waals surface area (Å²) in [5, 5.41) is 0. The van der Waals surface area contributed by atoms with Gasteiger partial charge in [0.2, 0.25) is 0 Å². The van der Waals surface area contributed by atoms with Crippen LogP contribution in [0.5, 0.6) is 0 Å². The number of rotatable bonds is 2. The van der Waals surface area contributed by atoms with Gasteiger partial charge in [0, 0.05) is 0 Å². The Morgan fingerprint density at radius 1 is 1.44 bits per heavy atom. The fraction of sp³-hybridized carbons (Fsp3) is 0.308. The molecule has 1 aliphatic heterocycles. The van der Waals surface area contributed by atoms with Crippen LogP contribution >= 0.6 is 0 Å². The molecule has 0 N–H and O–H groups in total. The van der Waals surface area contributed by atoms with Crippen LogP contribution in [0.15, 0.2) is 30.3 Å². The maximum absolute atomic E-state index is 11.6.